The first kappa shape index (κ1) is 12.3. The van der Waals surface area contributed by atoms with E-state index in [0.29, 0.717) is 5.92 Å². The summed E-state index contributed by atoms with van der Waals surface area (Å²) in [5.41, 5.74) is -0.419. The van der Waals surface area contributed by atoms with Crippen molar-refractivity contribution in [2.24, 2.45) is 5.92 Å². The van der Waals surface area contributed by atoms with Gasteiger partial charge in [0.2, 0.25) is 0 Å². The zero-order valence-electron chi connectivity index (χ0n) is 10.1. The highest BCUT2D eigenvalue weighted by atomic mass is 16.6. The lowest BCUT2D eigenvalue weighted by Gasteiger charge is -2.24. The number of nitrogens with one attached hydrogen (secondary N) is 2. The lowest BCUT2D eigenvalue weighted by atomic mass is 10.0. The molecule has 0 unspecified atom stereocenters. The Morgan fingerprint density at radius 1 is 1.53 bits per heavy atom. The molecule has 0 aliphatic carbocycles. The normalized spacial score (nSPS) is 23.6. The summed E-state index contributed by atoms with van der Waals surface area (Å²) in [6.07, 6.45) is 0.804. The highest BCUT2D eigenvalue weighted by Gasteiger charge is 2.24. The van der Waals surface area contributed by atoms with Gasteiger partial charge < -0.3 is 15.4 Å². The van der Waals surface area contributed by atoms with Gasteiger partial charge in [-0.15, -0.1) is 0 Å². The molecule has 1 fully saturated rings. The molecule has 1 amide bonds. The van der Waals surface area contributed by atoms with Crippen LogP contribution in [0, 0.1) is 5.92 Å². The highest BCUT2D eigenvalue weighted by molar-refractivity contribution is 5.68. The van der Waals surface area contributed by atoms with Gasteiger partial charge in [0.15, 0.2) is 0 Å². The molecule has 1 heterocycles. The Hall–Kier alpha value is -0.770. The van der Waals surface area contributed by atoms with E-state index in [2.05, 4.69) is 10.6 Å². The van der Waals surface area contributed by atoms with E-state index in [1.807, 2.05) is 27.7 Å². The first-order chi connectivity index (χ1) is 6.88. The Balaban J connectivity index is 2.30. The third-order valence-corrected chi connectivity index (χ3v) is 2.55. The zero-order valence-corrected chi connectivity index (χ0v) is 10.1. The van der Waals surface area contributed by atoms with Gasteiger partial charge in [-0.05, 0) is 53.1 Å². The van der Waals surface area contributed by atoms with E-state index < -0.39 is 5.60 Å². The lowest BCUT2D eigenvalue weighted by molar-refractivity contribution is 0.0494. The van der Waals surface area contributed by atoms with Crippen molar-refractivity contribution in [3.05, 3.63) is 0 Å². The Bertz CT molecular complexity index is 217. The molecule has 4 heteroatoms. The second-order valence-electron chi connectivity index (χ2n) is 5.19. The van der Waals surface area contributed by atoms with Crippen molar-refractivity contribution in [1.29, 1.82) is 0 Å². The Morgan fingerprint density at radius 2 is 2.20 bits per heavy atom. The molecule has 0 aromatic rings. The van der Waals surface area contributed by atoms with Crippen LogP contribution in [0.5, 0.6) is 0 Å². The van der Waals surface area contributed by atoms with Crippen molar-refractivity contribution in [1.82, 2.24) is 10.6 Å². The van der Waals surface area contributed by atoms with Gasteiger partial charge >= 0.3 is 6.09 Å². The molecular formula is C11H22N2O2. The average molecular weight is 214 g/mol. The van der Waals surface area contributed by atoms with E-state index in [4.69, 9.17) is 4.74 Å². The monoisotopic (exact) mass is 214 g/mol. The number of carbonyl (C=O) groups is 1. The molecule has 2 N–H and O–H groups in total. The predicted octanol–water partition coefficient (Wildman–Crippen LogP) is 1.51. The minimum atomic E-state index is -0.419. The van der Waals surface area contributed by atoms with E-state index in [1.165, 1.54) is 0 Å². The summed E-state index contributed by atoms with van der Waals surface area (Å²) >= 11 is 0. The van der Waals surface area contributed by atoms with Crippen LogP contribution in [0.2, 0.25) is 0 Å². The minimum absolute atomic E-state index is 0.176. The molecule has 0 bridgehead atoms. The average Bonchev–Trinajstić information content (AvgIpc) is 2.50. The molecule has 88 valence electrons. The fraction of sp³-hybridized carbons (Fsp3) is 0.909. The van der Waals surface area contributed by atoms with Gasteiger partial charge in [0.05, 0.1) is 0 Å². The van der Waals surface area contributed by atoms with Crippen LogP contribution in [-0.2, 0) is 4.74 Å². The second kappa shape index (κ2) is 4.84. The van der Waals surface area contributed by atoms with E-state index in [-0.39, 0.29) is 12.1 Å². The van der Waals surface area contributed by atoms with Gasteiger partial charge in [0.1, 0.15) is 5.60 Å². The second-order valence-corrected chi connectivity index (χ2v) is 5.19. The Kier molecular flexibility index (Phi) is 3.97. The maximum absolute atomic E-state index is 11.5. The molecule has 4 nitrogen and oxygen atoms in total. The van der Waals surface area contributed by atoms with Crippen LogP contribution in [-0.4, -0.2) is 30.8 Å². The van der Waals surface area contributed by atoms with Crippen molar-refractivity contribution in [2.45, 2.75) is 45.8 Å². The summed E-state index contributed by atoms with van der Waals surface area (Å²) in [6.45, 7) is 9.67. The maximum Gasteiger partial charge on any atom is 0.407 e. The summed E-state index contributed by atoms with van der Waals surface area (Å²) in [5, 5.41) is 6.16. The molecule has 1 aliphatic rings. The van der Waals surface area contributed by atoms with Crippen LogP contribution < -0.4 is 10.6 Å². The molecule has 1 aliphatic heterocycles. The van der Waals surface area contributed by atoms with Crippen LogP contribution in [0.25, 0.3) is 0 Å². The van der Waals surface area contributed by atoms with Crippen LogP contribution in [0.4, 0.5) is 4.79 Å². The first-order valence-electron chi connectivity index (χ1n) is 5.59. The highest BCUT2D eigenvalue weighted by Crippen LogP contribution is 2.13. The van der Waals surface area contributed by atoms with Crippen LogP contribution in [0.3, 0.4) is 0 Å². The van der Waals surface area contributed by atoms with E-state index in [1.54, 1.807) is 0 Å². The molecule has 15 heavy (non-hydrogen) atoms. The molecule has 0 saturated carbocycles. The smallest absolute Gasteiger partial charge is 0.407 e. The lowest BCUT2D eigenvalue weighted by Crippen LogP contribution is -2.41. The molecule has 2 atom stereocenters. The summed E-state index contributed by atoms with van der Waals surface area (Å²) in [6, 6.07) is 0.176. The minimum Gasteiger partial charge on any atom is -0.444 e. The molecule has 0 spiro atoms. The molecule has 1 rings (SSSR count). The number of rotatable bonds is 2. The number of hydrogen-bond acceptors (Lipinski definition) is 3. The van der Waals surface area contributed by atoms with Crippen molar-refractivity contribution < 1.29 is 9.53 Å². The topological polar surface area (TPSA) is 50.4 Å². The van der Waals surface area contributed by atoms with Crippen molar-refractivity contribution >= 4 is 6.09 Å². The number of hydrogen-bond donors (Lipinski definition) is 2. The van der Waals surface area contributed by atoms with Crippen LogP contribution in [0.15, 0.2) is 0 Å². The summed E-state index contributed by atoms with van der Waals surface area (Å²) in [7, 11) is 0. The number of carbonyl (C=O) groups excluding carboxylic acids is 1. The van der Waals surface area contributed by atoms with Crippen molar-refractivity contribution in [2.75, 3.05) is 13.1 Å². The molecule has 0 aromatic carbocycles. The quantitative estimate of drug-likeness (QED) is 0.732. The van der Waals surface area contributed by atoms with Crippen molar-refractivity contribution in [3.63, 3.8) is 0 Å². The van der Waals surface area contributed by atoms with E-state index >= 15 is 0 Å². The molecule has 0 radical (unpaired) electrons. The largest absolute Gasteiger partial charge is 0.444 e. The fourth-order valence-electron chi connectivity index (χ4n) is 1.72. The first-order valence-corrected chi connectivity index (χ1v) is 5.59. The molecular weight excluding hydrogens is 192 g/mol. The Morgan fingerprint density at radius 3 is 2.67 bits per heavy atom. The summed E-state index contributed by atoms with van der Waals surface area (Å²) in [5.74, 6) is 0.525. The molecule has 0 aromatic heterocycles. The zero-order chi connectivity index (χ0) is 11.5. The predicted molar refractivity (Wildman–Crippen MR) is 59.8 cm³/mol. The van der Waals surface area contributed by atoms with Crippen molar-refractivity contribution in [3.8, 4) is 0 Å². The van der Waals surface area contributed by atoms with Gasteiger partial charge in [-0.3, -0.25) is 0 Å². The fourth-order valence-corrected chi connectivity index (χ4v) is 1.72. The van der Waals surface area contributed by atoms with E-state index in [0.717, 1.165) is 19.5 Å². The Labute approximate surface area is 91.8 Å². The van der Waals surface area contributed by atoms with Gasteiger partial charge in [-0.2, -0.15) is 0 Å². The third-order valence-electron chi connectivity index (χ3n) is 2.55. The summed E-state index contributed by atoms with van der Waals surface area (Å²) in [4.78, 5) is 11.5. The van der Waals surface area contributed by atoms with Gasteiger partial charge in [-0.25, -0.2) is 4.79 Å². The van der Waals surface area contributed by atoms with Crippen LogP contribution in [0.1, 0.15) is 34.1 Å². The summed E-state index contributed by atoms with van der Waals surface area (Å²) < 4.78 is 5.20. The van der Waals surface area contributed by atoms with E-state index in [9.17, 15) is 4.79 Å². The maximum atomic E-state index is 11.5. The van der Waals surface area contributed by atoms with Gasteiger partial charge in [0, 0.05) is 6.04 Å². The number of ether oxygens (including phenoxy) is 1. The van der Waals surface area contributed by atoms with Gasteiger partial charge in [0.25, 0.3) is 0 Å². The van der Waals surface area contributed by atoms with Crippen LogP contribution >= 0.6 is 0 Å². The molecule has 1 saturated heterocycles. The van der Waals surface area contributed by atoms with Gasteiger partial charge in [-0.1, -0.05) is 0 Å². The SMILES string of the molecule is C[C@H](NC(=O)OC(C)(C)C)[C@H]1CCNC1. The number of alkyl carbamates (subject to hydrolysis) is 1. The standard InChI is InChI=1S/C11H22N2O2/c1-8(9-5-6-12-7-9)13-10(14)15-11(2,3)4/h8-9,12H,5-7H2,1-4H3,(H,13,14)/t8-,9-/m0/s1. The number of amides is 1. The third kappa shape index (κ3) is 4.51.